The Balaban J connectivity index is 1.91. The van der Waals surface area contributed by atoms with Gasteiger partial charge in [-0.1, -0.05) is 6.07 Å². The van der Waals surface area contributed by atoms with Gasteiger partial charge in [0, 0.05) is 18.3 Å². The fourth-order valence-electron chi connectivity index (χ4n) is 1.74. The smallest absolute Gasteiger partial charge is 0.212 e. The molecule has 4 heteroatoms. The molecule has 0 spiro atoms. The van der Waals surface area contributed by atoms with Gasteiger partial charge in [0.1, 0.15) is 0 Å². The number of methoxy groups -OCH3 is 1. The molecule has 2 N–H and O–H groups in total. The SMILES string of the molecule is COc1ccc(CC(N)Cc2ccoc2)cn1. The summed E-state index contributed by atoms with van der Waals surface area (Å²) >= 11 is 0. The van der Waals surface area contributed by atoms with E-state index >= 15 is 0 Å². The molecule has 0 aliphatic carbocycles. The molecule has 0 fully saturated rings. The second kappa shape index (κ2) is 5.50. The van der Waals surface area contributed by atoms with Crippen LogP contribution < -0.4 is 10.5 Å². The van der Waals surface area contributed by atoms with Crippen LogP contribution in [0, 0.1) is 0 Å². The lowest BCUT2D eigenvalue weighted by molar-refractivity contribution is 0.397. The first-order valence-corrected chi connectivity index (χ1v) is 5.53. The molecule has 0 amide bonds. The first-order chi connectivity index (χ1) is 8.28. The van der Waals surface area contributed by atoms with E-state index < -0.39 is 0 Å². The van der Waals surface area contributed by atoms with Crippen LogP contribution in [0.3, 0.4) is 0 Å². The van der Waals surface area contributed by atoms with Gasteiger partial charge in [0.2, 0.25) is 5.88 Å². The molecule has 2 heterocycles. The summed E-state index contributed by atoms with van der Waals surface area (Å²) < 4.78 is 10.0. The molecule has 0 radical (unpaired) electrons. The third-order valence-corrected chi connectivity index (χ3v) is 2.58. The van der Waals surface area contributed by atoms with Crippen LogP contribution in [0.2, 0.25) is 0 Å². The summed E-state index contributed by atoms with van der Waals surface area (Å²) in [5.74, 6) is 0.622. The number of aromatic nitrogens is 1. The lowest BCUT2D eigenvalue weighted by Gasteiger charge is -2.10. The summed E-state index contributed by atoms with van der Waals surface area (Å²) in [5, 5.41) is 0. The summed E-state index contributed by atoms with van der Waals surface area (Å²) in [4.78, 5) is 4.15. The van der Waals surface area contributed by atoms with Gasteiger partial charge >= 0.3 is 0 Å². The van der Waals surface area contributed by atoms with Crippen molar-refractivity contribution in [3.05, 3.63) is 48.0 Å². The van der Waals surface area contributed by atoms with Crippen LogP contribution in [0.15, 0.2) is 41.3 Å². The molecule has 1 atom stereocenters. The highest BCUT2D eigenvalue weighted by atomic mass is 16.5. The number of hydrogen-bond donors (Lipinski definition) is 1. The van der Waals surface area contributed by atoms with Gasteiger partial charge in [-0.2, -0.15) is 0 Å². The van der Waals surface area contributed by atoms with E-state index in [0.717, 1.165) is 24.0 Å². The van der Waals surface area contributed by atoms with Gasteiger partial charge in [0.25, 0.3) is 0 Å². The fraction of sp³-hybridized carbons (Fsp3) is 0.308. The zero-order valence-electron chi connectivity index (χ0n) is 9.80. The van der Waals surface area contributed by atoms with Crippen molar-refractivity contribution in [1.82, 2.24) is 4.98 Å². The largest absolute Gasteiger partial charge is 0.481 e. The third-order valence-electron chi connectivity index (χ3n) is 2.58. The molecule has 4 nitrogen and oxygen atoms in total. The van der Waals surface area contributed by atoms with Crippen molar-refractivity contribution in [1.29, 1.82) is 0 Å². The van der Waals surface area contributed by atoms with Crippen LogP contribution in [-0.2, 0) is 12.8 Å². The monoisotopic (exact) mass is 232 g/mol. The van der Waals surface area contributed by atoms with Crippen molar-refractivity contribution < 1.29 is 9.15 Å². The summed E-state index contributed by atoms with van der Waals surface area (Å²) in [5.41, 5.74) is 8.30. The normalized spacial score (nSPS) is 12.4. The molecule has 0 saturated carbocycles. The van der Waals surface area contributed by atoms with Crippen LogP contribution in [0.5, 0.6) is 5.88 Å². The molecule has 0 bridgehead atoms. The average molecular weight is 232 g/mol. The van der Waals surface area contributed by atoms with Crippen molar-refractivity contribution in [2.45, 2.75) is 18.9 Å². The summed E-state index contributed by atoms with van der Waals surface area (Å²) in [6.45, 7) is 0. The van der Waals surface area contributed by atoms with E-state index in [-0.39, 0.29) is 6.04 Å². The minimum absolute atomic E-state index is 0.0720. The maximum Gasteiger partial charge on any atom is 0.212 e. The van der Waals surface area contributed by atoms with E-state index in [1.165, 1.54) is 0 Å². The number of rotatable bonds is 5. The van der Waals surface area contributed by atoms with Crippen LogP contribution in [0.1, 0.15) is 11.1 Å². The standard InChI is InChI=1S/C13H16N2O2/c1-16-13-3-2-10(8-15-13)6-12(14)7-11-4-5-17-9-11/h2-5,8-9,12H,6-7,14H2,1H3. The first kappa shape index (κ1) is 11.7. The summed E-state index contributed by atoms with van der Waals surface area (Å²) in [7, 11) is 1.60. The topological polar surface area (TPSA) is 61.3 Å². The van der Waals surface area contributed by atoms with Gasteiger partial charge in [-0.3, -0.25) is 0 Å². The van der Waals surface area contributed by atoms with Gasteiger partial charge in [0.15, 0.2) is 0 Å². The zero-order chi connectivity index (χ0) is 12.1. The van der Waals surface area contributed by atoms with E-state index in [0.29, 0.717) is 5.88 Å². The van der Waals surface area contributed by atoms with Crippen LogP contribution in [0.25, 0.3) is 0 Å². The van der Waals surface area contributed by atoms with Crippen molar-refractivity contribution in [3.8, 4) is 5.88 Å². The number of ether oxygens (including phenoxy) is 1. The van der Waals surface area contributed by atoms with E-state index in [4.69, 9.17) is 14.9 Å². The Labute approximate surface area is 100 Å². The quantitative estimate of drug-likeness (QED) is 0.853. The van der Waals surface area contributed by atoms with Crippen LogP contribution in [0.4, 0.5) is 0 Å². The van der Waals surface area contributed by atoms with Crippen LogP contribution in [-0.4, -0.2) is 18.1 Å². The highest BCUT2D eigenvalue weighted by Crippen LogP contribution is 2.10. The minimum Gasteiger partial charge on any atom is -0.481 e. The molecule has 2 aromatic heterocycles. The molecule has 1 unspecified atom stereocenters. The maximum absolute atomic E-state index is 6.07. The van der Waals surface area contributed by atoms with Crippen LogP contribution >= 0.6 is 0 Å². The predicted octanol–water partition coefficient (Wildman–Crippen LogP) is 1.80. The number of furan rings is 1. The first-order valence-electron chi connectivity index (χ1n) is 5.53. The molecular formula is C13H16N2O2. The predicted molar refractivity (Wildman–Crippen MR) is 64.9 cm³/mol. The Hall–Kier alpha value is -1.81. The Bertz CT molecular complexity index is 437. The summed E-state index contributed by atoms with van der Waals surface area (Å²) in [6.07, 6.45) is 6.79. The molecule has 0 aromatic carbocycles. The fourth-order valence-corrected chi connectivity index (χ4v) is 1.74. The van der Waals surface area contributed by atoms with Crippen molar-refractivity contribution >= 4 is 0 Å². The molecule has 0 aliphatic heterocycles. The average Bonchev–Trinajstić information content (AvgIpc) is 2.82. The molecule has 2 rings (SSSR count). The Kier molecular flexibility index (Phi) is 3.77. The van der Waals surface area contributed by atoms with Gasteiger partial charge < -0.3 is 14.9 Å². The Morgan fingerprint density at radius 2 is 2.12 bits per heavy atom. The zero-order valence-corrected chi connectivity index (χ0v) is 9.80. The van der Waals surface area contributed by atoms with Gasteiger partial charge in [-0.15, -0.1) is 0 Å². The van der Waals surface area contributed by atoms with Crippen molar-refractivity contribution in [2.24, 2.45) is 5.73 Å². The van der Waals surface area contributed by atoms with Crippen molar-refractivity contribution in [2.75, 3.05) is 7.11 Å². The van der Waals surface area contributed by atoms with Gasteiger partial charge in [-0.05, 0) is 30.0 Å². The van der Waals surface area contributed by atoms with E-state index in [9.17, 15) is 0 Å². The maximum atomic E-state index is 6.07. The number of hydrogen-bond acceptors (Lipinski definition) is 4. The van der Waals surface area contributed by atoms with Gasteiger partial charge in [0.05, 0.1) is 19.6 Å². The lowest BCUT2D eigenvalue weighted by Crippen LogP contribution is -2.25. The highest BCUT2D eigenvalue weighted by molar-refractivity contribution is 5.19. The van der Waals surface area contributed by atoms with E-state index in [2.05, 4.69) is 4.98 Å². The second-order valence-electron chi connectivity index (χ2n) is 4.01. The third kappa shape index (κ3) is 3.32. The number of nitrogens with two attached hydrogens (primary N) is 1. The van der Waals surface area contributed by atoms with E-state index in [1.54, 1.807) is 25.8 Å². The second-order valence-corrected chi connectivity index (χ2v) is 4.01. The minimum atomic E-state index is 0.0720. The van der Waals surface area contributed by atoms with E-state index in [1.807, 2.05) is 18.2 Å². The van der Waals surface area contributed by atoms with Gasteiger partial charge in [-0.25, -0.2) is 4.98 Å². The molecular weight excluding hydrogens is 216 g/mol. The Morgan fingerprint density at radius 3 is 2.71 bits per heavy atom. The van der Waals surface area contributed by atoms with Crippen molar-refractivity contribution in [3.63, 3.8) is 0 Å². The lowest BCUT2D eigenvalue weighted by atomic mass is 10.0. The molecule has 90 valence electrons. The molecule has 0 aliphatic rings. The molecule has 0 saturated heterocycles. The summed E-state index contributed by atoms with van der Waals surface area (Å²) in [6, 6.07) is 5.84. The molecule has 17 heavy (non-hydrogen) atoms. The number of nitrogens with zero attached hydrogens (tertiary/aromatic N) is 1. The highest BCUT2D eigenvalue weighted by Gasteiger charge is 2.07. The number of pyridine rings is 1. The molecule has 2 aromatic rings. The Morgan fingerprint density at radius 1 is 1.29 bits per heavy atom.